The van der Waals surface area contributed by atoms with Gasteiger partial charge in [-0.25, -0.2) is 22.4 Å². The van der Waals surface area contributed by atoms with E-state index in [9.17, 15) is 31.1 Å². The van der Waals surface area contributed by atoms with Gasteiger partial charge < -0.3 is 4.74 Å². The summed E-state index contributed by atoms with van der Waals surface area (Å²) in [6.45, 7) is 7.57. The summed E-state index contributed by atoms with van der Waals surface area (Å²) in [4.78, 5) is 11.4. The van der Waals surface area contributed by atoms with Gasteiger partial charge in [0.1, 0.15) is 0 Å². The minimum Gasteiger partial charge on any atom is -0.456 e. The SMILES string of the molecule is C=CC(=O)OCC(F)(F)C(F)(F)CCC1(CCC(F)(F)C(F)F)c2ccccc2-c2ccc(-c3ccc4ccc5cc(C(C)(C)C)cc6ccc3c4c56)cc21. The van der Waals surface area contributed by atoms with Gasteiger partial charge in [0, 0.05) is 24.3 Å². The average Bonchev–Trinajstić information content (AvgIpc) is 3.42. The summed E-state index contributed by atoms with van der Waals surface area (Å²) in [6, 6.07) is 28.1. The van der Waals surface area contributed by atoms with Crippen LogP contribution < -0.4 is 0 Å². The number of alkyl halides is 8. The molecule has 0 amide bonds. The van der Waals surface area contributed by atoms with Crippen LogP contribution in [0.3, 0.4) is 0 Å². The summed E-state index contributed by atoms with van der Waals surface area (Å²) in [6.07, 6.45) is -7.93. The normalized spacial score (nSPS) is 16.3. The monoisotopic (exact) mass is 762 g/mol. The van der Waals surface area contributed by atoms with Crippen molar-refractivity contribution in [1.29, 1.82) is 0 Å². The maximum atomic E-state index is 15.5. The van der Waals surface area contributed by atoms with Crippen molar-refractivity contribution in [3.05, 3.63) is 120 Å². The van der Waals surface area contributed by atoms with E-state index in [1.54, 1.807) is 36.4 Å². The zero-order valence-corrected chi connectivity index (χ0v) is 30.4. The molecule has 1 unspecified atom stereocenters. The van der Waals surface area contributed by atoms with Crippen molar-refractivity contribution in [1.82, 2.24) is 0 Å². The lowest BCUT2D eigenvalue weighted by Gasteiger charge is -2.36. The van der Waals surface area contributed by atoms with Crippen LogP contribution in [0.5, 0.6) is 0 Å². The first-order valence-corrected chi connectivity index (χ1v) is 18.0. The van der Waals surface area contributed by atoms with E-state index in [-0.39, 0.29) is 5.41 Å². The van der Waals surface area contributed by atoms with Crippen molar-refractivity contribution < 1.29 is 44.7 Å². The average molecular weight is 763 g/mol. The van der Waals surface area contributed by atoms with Gasteiger partial charge in [-0.15, -0.1) is 0 Å². The van der Waals surface area contributed by atoms with E-state index in [0.29, 0.717) is 33.9 Å². The number of ether oxygens (including phenoxy) is 1. The molecular weight excluding hydrogens is 724 g/mol. The van der Waals surface area contributed by atoms with Gasteiger partial charge in [0.2, 0.25) is 0 Å². The molecule has 0 bridgehead atoms. The smallest absolute Gasteiger partial charge is 0.343 e. The molecule has 6 aromatic carbocycles. The Bertz CT molecular complexity index is 2430. The Hall–Kier alpha value is -4.99. The van der Waals surface area contributed by atoms with Gasteiger partial charge in [0.05, 0.1) is 0 Å². The van der Waals surface area contributed by atoms with Gasteiger partial charge in [0.25, 0.3) is 0 Å². The minimum atomic E-state index is -4.84. The van der Waals surface area contributed by atoms with E-state index >= 15 is 8.78 Å². The standard InChI is InChI=1S/C45H38F8O2/c1-5-37(54)55-25-45(52,53)44(50,51)21-19-42(18-20-43(48,49)40(46)47)35-9-7-6-8-32(35)33-16-13-27(24-36(33)42)31-15-12-26-10-11-28-22-30(41(2,3)4)23-29-14-17-34(31)39(26)38(28)29/h5-17,22-24,40H,1,18-21,25H2,2-4H3. The molecule has 55 heavy (non-hydrogen) atoms. The first-order chi connectivity index (χ1) is 25.8. The van der Waals surface area contributed by atoms with Gasteiger partial charge in [-0.3, -0.25) is 0 Å². The highest BCUT2D eigenvalue weighted by Crippen LogP contribution is 2.57. The van der Waals surface area contributed by atoms with Crippen LogP contribution >= 0.6 is 0 Å². The second kappa shape index (κ2) is 13.3. The number of rotatable bonds is 12. The zero-order valence-electron chi connectivity index (χ0n) is 30.4. The molecule has 10 heteroatoms. The van der Waals surface area contributed by atoms with Gasteiger partial charge >= 0.3 is 30.2 Å². The van der Waals surface area contributed by atoms with Crippen LogP contribution in [0, 0.1) is 0 Å². The van der Waals surface area contributed by atoms with E-state index in [1.807, 2.05) is 36.4 Å². The van der Waals surface area contributed by atoms with Gasteiger partial charge in [-0.2, -0.15) is 17.6 Å². The molecule has 2 nitrogen and oxygen atoms in total. The first kappa shape index (κ1) is 38.3. The Labute approximate surface area is 313 Å². The second-order valence-corrected chi connectivity index (χ2v) is 15.6. The maximum Gasteiger partial charge on any atom is 0.343 e. The zero-order chi connectivity index (χ0) is 39.7. The summed E-state index contributed by atoms with van der Waals surface area (Å²) in [5, 5.41) is 6.03. The topological polar surface area (TPSA) is 26.3 Å². The van der Waals surface area contributed by atoms with Crippen LogP contribution in [0.15, 0.2) is 104 Å². The molecule has 0 aromatic heterocycles. The fraction of sp³-hybridized carbons (Fsp3) is 0.311. The number of hydrogen-bond acceptors (Lipinski definition) is 2. The van der Waals surface area contributed by atoms with Crippen LogP contribution in [0.4, 0.5) is 35.1 Å². The van der Waals surface area contributed by atoms with E-state index in [0.717, 1.165) is 37.9 Å². The van der Waals surface area contributed by atoms with Gasteiger partial charge in [-0.1, -0.05) is 112 Å². The fourth-order valence-electron chi connectivity index (χ4n) is 8.16. The van der Waals surface area contributed by atoms with Crippen molar-refractivity contribution in [3.8, 4) is 22.3 Å². The molecule has 7 rings (SSSR count). The highest BCUT2D eigenvalue weighted by Gasteiger charge is 2.58. The number of esters is 1. The van der Waals surface area contributed by atoms with Crippen molar-refractivity contribution in [2.45, 2.75) is 81.5 Å². The van der Waals surface area contributed by atoms with Crippen molar-refractivity contribution in [2.24, 2.45) is 0 Å². The van der Waals surface area contributed by atoms with Crippen LogP contribution in [0.1, 0.15) is 63.1 Å². The molecule has 6 aromatic rings. The Balaban J connectivity index is 1.39. The quantitative estimate of drug-likeness (QED) is 0.0537. The molecule has 1 aliphatic carbocycles. The summed E-state index contributed by atoms with van der Waals surface area (Å²) in [5.74, 6) is -15.4. The molecule has 0 N–H and O–H groups in total. The predicted octanol–water partition coefficient (Wildman–Crippen LogP) is 13.3. The molecule has 0 radical (unpaired) electrons. The number of halogens is 8. The molecule has 1 aliphatic rings. The van der Waals surface area contributed by atoms with Crippen molar-refractivity contribution in [2.75, 3.05) is 6.61 Å². The Kier molecular flexibility index (Phi) is 9.29. The summed E-state index contributed by atoms with van der Waals surface area (Å²) < 4.78 is 122. The molecule has 0 spiro atoms. The largest absolute Gasteiger partial charge is 0.456 e. The molecule has 1 atom stereocenters. The second-order valence-electron chi connectivity index (χ2n) is 15.6. The lowest BCUT2D eigenvalue weighted by Crippen LogP contribution is -2.46. The molecular formula is C45H38F8O2. The summed E-state index contributed by atoms with van der Waals surface area (Å²) >= 11 is 0. The Morgan fingerprint density at radius 3 is 1.98 bits per heavy atom. The third-order valence-electron chi connectivity index (χ3n) is 11.2. The Morgan fingerprint density at radius 2 is 1.31 bits per heavy atom. The fourth-order valence-corrected chi connectivity index (χ4v) is 8.16. The van der Waals surface area contributed by atoms with E-state index < -0.39 is 67.9 Å². The van der Waals surface area contributed by atoms with Crippen molar-refractivity contribution >= 4 is 38.3 Å². The Morgan fingerprint density at radius 1 is 0.709 bits per heavy atom. The van der Waals surface area contributed by atoms with E-state index in [4.69, 9.17) is 0 Å². The third kappa shape index (κ3) is 6.51. The number of hydrogen-bond donors (Lipinski definition) is 0. The van der Waals surface area contributed by atoms with E-state index in [1.165, 1.54) is 5.56 Å². The molecule has 0 saturated heterocycles. The molecule has 0 heterocycles. The van der Waals surface area contributed by atoms with Crippen LogP contribution in [-0.4, -0.2) is 36.8 Å². The number of carbonyl (C=O) groups is 1. The molecule has 0 saturated carbocycles. The summed E-state index contributed by atoms with van der Waals surface area (Å²) in [5.41, 5.74) is 2.26. The molecule has 286 valence electrons. The van der Waals surface area contributed by atoms with E-state index in [2.05, 4.69) is 50.3 Å². The maximum absolute atomic E-state index is 15.5. The van der Waals surface area contributed by atoms with Crippen LogP contribution in [0.25, 0.3) is 54.6 Å². The van der Waals surface area contributed by atoms with Crippen molar-refractivity contribution in [3.63, 3.8) is 0 Å². The number of carbonyl (C=O) groups excluding carboxylic acids is 1. The minimum absolute atomic E-state index is 0.0957. The molecule has 0 fully saturated rings. The lowest BCUT2D eigenvalue weighted by molar-refractivity contribution is -0.234. The van der Waals surface area contributed by atoms with Crippen LogP contribution in [0.2, 0.25) is 0 Å². The number of fused-ring (bicyclic) bond motifs is 3. The van der Waals surface area contributed by atoms with Crippen LogP contribution in [-0.2, 0) is 20.4 Å². The lowest BCUT2D eigenvalue weighted by atomic mass is 9.69. The predicted molar refractivity (Wildman–Crippen MR) is 201 cm³/mol. The highest BCUT2D eigenvalue weighted by molar-refractivity contribution is 6.25. The van der Waals surface area contributed by atoms with Gasteiger partial charge in [-0.05, 0) is 95.6 Å². The summed E-state index contributed by atoms with van der Waals surface area (Å²) in [7, 11) is 0. The third-order valence-corrected chi connectivity index (χ3v) is 11.2. The highest BCUT2D eigenvalue weighted by atomic mass is 19.3. The molecule has 0 aliphatic heterocycles. The number of benzene rings is 6. The first-order valence-electron chi connectivity index (χ1n) is 18.0. The van der Waals surface area contributed by atoms with Gasteiger partial charge in [0.15, 0.2) is 6.61 Å².